The van der Waals surface area contributed by atoms with Crippen molar-refractivity contribution in [2.75, 3.05) is 26.3 Å². The number of pyridine rings is 1. The SMILES string of the molecule is O=C1CC[C@H](N2Cc3cc(O[C@H]4CCN(Cc5cc(Cl)c6nc(C7CCOCC7)ccc6c5)C4)ccc3C2=O)C(=O)N1. The largest absolute Gasteiger partial charge is 0.489 e. The molecule has 10 heteroatoms. The van der Waals surface area contributed by atoms with Crippen LogP contribution in [0.25, 0.3) is 10.9 Å². The van der Waals surface area contributed by atoms with Gasteiger partial charge in [-0.1, -0.05) is 17.7 Å². The quantitative estimate of drug-likeness (QED) is 0.431. The molecule has 9 nitrogen and oxygen atoms in total. The highest BCUT2D eigenvalue weighted by molar-refractivity contribution is 6.35. The van der Waals surface area contributed by atoms with Gasteiger partial charge in [0.2, 0.25) is 11.8 Å². The molecule has 1 aromatic heterocycles. The maximum Gasteiger partial charge on any atom is 0.255 e. The average Bonchev–Trinajstić information content (AvgIpc) is 3.56. The standard InChI is InChI=1S/C32H33ClN4O5/c33-26-14-19(13-21-1-4-27(34-30(21)26)20-8-11-41-12-9-20)16-36-10-7-24(18-36)42-23-2-3-25-22(15-23)17-37(32(25)40)28-5-6-29(38)35-31(28)39/h1-4,13-15,20,24,28H,5-12,16-18H2,(H,35,38,39)/t24-,28-/m0/s1. The van der Waals surface area contributed by atoms with Crippen LogP contribution in [0.3, 0.4) is 0 Å². The Kier molecular flexibility index (Phi) is 7.34. The molecule has 2 aromatic carbocycles. The summed E-state index contributed by atoms with van der Waals surface area (Å²) in [6, 6.07) is 13.4. The molecule has 218 valence electrons. The summed E-state index contributed by atoms with van der Waals surface area (Å²) in [5, 5.41) is 4.08. The molecule has 5 heterocycles. The molecular weight excluding hydrogens is 556 g/mol. The van der Waals surface area contributed by atoms with E-state index in [9.17, 15) is 14.4 Å². The molecule has 0 radical (unpaired) electrons. The maximum absolute atomic E-state index is 13.0. The van der Waals surface area contributed by atoms with Crippen molar-refractivity contribution in [1.29, 1.82) is 0 Å². The summed E-state index contributed by atoms with van der Waals surface area (Å²) in [5.41, 5.74) is 4.54. The van der Waals surface area contributed by atoms with Gasteiger partial charge in [0.1, 0.15) is 17.9 Å². The van der Waals surface area contributed by atoms with Gasteiger partial charge in [-0.15, -0.1) is 0 Å². The number of aromatic nitrogens is 1. The highest BCUT2D eigenvalue weighted by atomic mass is 35.5. The van der Waals surface area contributed by atoms with Crippen LogP contribution >= 0.6 is 11.6 Å². The van der Waals surface area contributed by atoms with Crippen molar-refractivity contribution >= 4 is 40.2 Å². The number of likely N-dealkylation sites (tertiary alicyclic amines) is 1. The Balaban J connectivity index is 0.977. The molecule has 0 bridgehead atoms. The molecular formula is C32H33ClN4O5. The van der Waals surface area contributed by atoms with E-state index in [1.54, 1.807) is 11.0 Å². The Labute approximate surface area is 249 Å². The minimum absolute atomic E-state index is 0.0334. The van der Waals surface area contributed by atoms with Gasteiger partial charge in [0, 0.05) is 68.4 Å². The molecule has 4 aliphatic rings. The molecule has 3 fully saturated rings. The average molecular weight is 589 g/mol. The topological polar surface area (TPSA) is 101 Å². The van der Waals surface area contributed by atoms with Crippen LogP contribution in [0.15, 0.2) is 42.5 Å². The van der Waals surface area contributed by atoms with Crippen molar-refractivity contribution in [3.05, 3.63) is 69.9 Å². The monoisotopic (exact) mass is 588 g/mol. The molecule has 4 aliphatic heterocycles. The number of fused-ring (bicyclic) bond motifs is 2. The van der Waals surface area contributed by atoms with Crippen LogP contribution in [0.4, 0.5) is 0 Å². The van der Waals surface area contributed by atoms with Crippen molar-refractivity contribution in [3.63, 3.8) is 0 Å². The van der Waals surface area contributed by atoms with Crippen LogP contribution in [0, 0.1) is 0 Å². The number of benzene rings is 2. The number of halogens is 1. The predicted molar refractivity (Wildman–Crippen MR) is 156 cm³/mol. The summed E-state index contributed by atoms with van der Waals surface area (Å²) in [4.78, 5) is 45.7. The van der Waals surface area contributed by atoms with E-state index in [1.807, 2.05) is 18.2 Å². The zero-order valence-corrected chi connectivity index (χ0v) is 24.1. The fourth-order valence-electron chi connectivity index (χ4n) is 6.69. The maximum atomic E-state index is 13.0. The minimum atomic E-state index is -0.621. The van der Waals surface area contributed by atoms with Gasteiger partial charge in [-0.05, 0) is 73.2 Å². The molecule has 3 amide bonds. The number of carbonyl (C=O) groups is 3. The smallest absolute Gasteiger partial charge is 0.255 e. The van der Waals surface area contributed by atoms with Crippen LogP contribution in [0.5, 0.6) is 5.75 Å². The van der Waals surface area contributed by atoms with E-state index in [2.05, 4.69) is 28.4 Å². The molecule has 0 spiro atoms. The normalized spacial score (nSPS) is 23.5. The van der Waals surface area contributed by atoms with Crippen LogP contribution in [-0.2, 0) is 27.4 Å². The lowest BCUT2D eigenvalue weighted by Crippen LogP contribution is -2.52. The van der Waals surface area contributed by atoms with Gasteiger partial charge in [-0.3, -0.25) is 29.6 Å². The predicted octanol–water partition coefficient (Wildman–Crippen LogP) is 4.20. The zero-order valence-electron chi connectivity index (χ0n) is 23.3. The molecule has 3 aromatic rings. The first-order valence-corrected chi connectivity index (χ1v) is 15.1. The van der Waals surface area contributed by atoms with Crippen molar-refractivity contribution in [2.45, 2.75) is 63.3 Å². The summed E-state index contributed by atoms with van der Waals surface area (Å²) in [6.07, 6.45) is 3.51. The van der Waals surface area contributed by atoms with Gasteiger partial charge in [0.25, 0.3) is 5.91 Å². The second-order valence-electron chi connectivity index (χ2n) is 11.8. The van der Waals surface area contributed by atoms with Crippen LogP contribution in [0.2, 0.25) is 5.02 Å². The van der Waals surface area contributed by atoms with Gasteiger partial charge in [0.05, 0.1) is 10.5 Å². The zero-order chi connectivity index (χ0) is 28.8. The Morgan fingerprint density at radius 3 is 2.71 bits per heavy atom. The number of rotatable bonds is 6. The first kappa shape index (κ1) is 27.3. The molecule has 7 rings (SSSR count). The fraction of sp³-hybridized carbons (Fsp3) is 0.438. The van der Waals surface area contributed by atoms with E-state index < -0.39 is 11.9 Å². The van der Waals surface area contributed by atoms with Gasteiger partial charge >= 0.3 is 0 Å². The first-order chi connectivity index (χ1) is 20.4. The van der Waals surface area contributed by atoms with Crippen LogP contribution < -0.4 is 10.1 Å². The fourth-order valence-corrected chi connectivity index (χ4v) is 6.98. The molecule has 3 saturated heterocycles. The Hall–Kier alpha value is -3.53. The molecule has 0 aliphatic carbocycles. The highest BCUT2D eigenvalue weighted by Crippen LogP contribution is 2.33. The Morgan fingerprint density at radius 1 is 1.02 bits per heavy atom. The Bertz CT molecular complexity index is 1570. The molecule has 1 N–H and O–H groups in total. The van der Waals surface area contributed by atoms with Crippen molar-refractivity contribution < 1.29 is 23.9 Å². The van der Waals surface area contributed by atoms with E-state index >= 15 is 0 Å². The van der Waals surface area contributed by atoms with Gasteiger partial charge < -0.3 is 14.4 Å². The molecule has 2 atom stereocenters. The lowest BCUT2D eigenvalue weighted by molar-refractivity contribution is -0.136. The third-order valence-electron chi connectivity index (χ3n) is 8.90. The van der Waals surface area contributed by atoms with Gasteiger partial charge in [0.15, 0.2) is 0 Å². The van der Waals surface area contributed by atoms with E-state index in [0.717, 1.165) is 85.6 Å². The van der Waals surface area contributed by atoms with Crippen LogP contribution in [0.1, 0.15) is 65.2 Å². The number of amides is 3. The Morgan fingerprint density at radius 2 is 1.88 bits per heavy atom. The molecule has 42 heavy (non-hydrogen) atoms. The lowest BCUT2D eigenvalue weighted by Gasteiger charge is -2.29. The summed E-state index contributed by atoms with van der Waals surface area (Å²) >= 11 is 6.73. The minimum Gasteiger partial charge on any atom is -0.489 e. The summed E-state index contributed by atoms with van der Waals surface area (Å²) in [7, 11) is 0. The first-order valence-electron chi connectivity index (χ1n) is 14.7. The number of hydrogen-bond acceptors (Lipinski definition) is 7. The van der Waals surface area contributed by atoms with Gasteiger partial charge in [-0.2, -0.15) is 0 Å². The number of ether oxygens (including phenoxy) is 2. The summed E-state index contributed by atoms with van der Waals surface area (Å²) in [5.74, 6) is 0.275. The number of nitrogens with one attached hydrogen (secondary N) is 1. The number of carbonyl (C=O) groups excluding carboxylic acids is 3. The number of nitrogens with zero attached hydrogens (tertiary/aromatic N) is 3. The van der Waals surface area contributed by atoms with Gasteiger partial charge in [-0.25, -0.2) is 0 Å². The van der Waals surface area contributed by atoms with Crippen molar-refractivity contribution in [1.82, 2.24) is 20.1 Å². The van der Waals surface area contributed by atoms with E-state index in [-0.39, 0.29) is 24.3 Å². The van der Waals surface area contributed by atoms with Crippen molar-refractivity contribution in [2.24, 2.45) is 0 Å². The van der Waals surface area contributed by atoms with E-state index in [0.29, 0.717) is 29.5 Å². The van der Waals surface area contributed by atoms with E-state index in [1.165, 1.54) is 0 Å². The van der Waals surface area contributed by atoms with Crippen molar-refractivity contribution in [3.8, 4) is 5.75 Å². The summed E-state index contributed by atoms with van der Waals surface area (Å²) < 4.78 is 11.8. The number of hydrogen-bond donors (Lipinski definition) is 1. The second kappa shape index (κ2) is 11.3. The molecule has 0 unspecified atom stereocenters. The highest BCUT2D eigenvalue weighted by Gasteiger charge is 2.39. The number of imide groups is 1. The number of piperidine rings is 1. The third kappa shape index (κ3) is 5.37. The second-order valence-corrected chi connectivity index (χ2v) is 12.2. The van der Waals surface area contributed by atoms with E-state index in [4.69, 9.17) is 26.1 Å². The lowest BCUT2D eigenvalue weighted by atomic mass is 9.95. The third-order valence-corrected chi connectivity index (χ3v) is 9.19. The van der Waals surface area contributed by atoms with Crippen LogP contribution in [-0.4, -0.2) is 71.0 Å². The molecule has 0 saturated carbocycles. The summed E-state index contributed by atoms with van der Waals surface area (Å²) in [6.45, 7) is 4.38.